The summed E-state index contributed by atoms with van der Waals surface area (Å²) in [6, 6.07) is 21.4. The van der Waals surface area contributed by atoms with E-state index in [4.69, 9.17) is 4.74 Å². The average Bonchev–Trinajstić information content (AvgIpc) is 2.72. The van der Waals surface area contributed by atoms with Crippen LogP contribution in [-0.2, 0) is 19.4 Å². The number of hydrogen-bond donors (Lipinski definition) is 1. The molecule has 0 bridgehead atoms. The second-order valence-corrected chi connectivity index (χ2v) is 7.46. The van der Waals surface area contributed by atoms with Crippen molar-refractivity contribution >= 4 is 0 Å². The molecule has 0 fully saturated rings. The van der Waals surface area contributed by atoms with E-state index in [0.29, 0.717) is 5.75 Å². The van der Waals surface area contributed by atoms with E-state index in [1.807, 2.05) is 6.07 Å². The minimum absolute atomic E-state index is 0.273. The van der Waals surface area contributed by atoms with Crippen LogP contribution in [0.15, 0.2) is 60.7 Å². The van der Waals surface area contributed by atoms with Crippen LogP contribution in [0.3, 0.4) is 0 Å². The Kier molecular flexibility index (Phi) is 3.91. The molecule has 1 N–H and O–H groups in total. The summed E-state index contributed by atoms with van der Waals surface area (Å²) in [5, 5.41) is 11.0. The third kappa shape index (κ3) is 2.62. The van der Waals surface area contributed by atoms with Crippen LogP contribution >= 0.6 is 0 Å². The third-order valence-corrected chi connectivity index (χ3v) is 5.98. The normalized spacial score (nSPS) is 17.9. The summed E-state index contributed by atoms with van der Waals surface area (Å²) in [6.45, 7) is 1.95. The van der Waals surface area contributed by atoms with Crippen LogP contribution in [0.4, 0.5) is 0 Å². The van der Waals surface area contributed by atoms with Gasteiger partial charge in [0.25, 0.3) is 0 Å². The summed E-state index contributed by atoms with van der Waals surface area (Å²) in [6.07, 6.45) is 1.96. The summed E-state index contributed by atoms with van der Waals surface area (Å²) in [5.74, 6) is 0.852. The lowest BCUT2D eigenvalue weighted by Crippen LogP contribution is -2.38. The molecule has 1 atom stereocenters. The van der Waals surface area contributed by atoms with Crippen LogP contribution < -0.4 is 4.74 Å². The molecule has 1 heterocycles. The molecule has 0 saturated carbocycles. The Morgan fingerprint density at radius 2 is 1.81 bits per heavy atom. The Labute approximate surface area is 159 Å². The van der Waals surface area contributed by atoms with E-state index < -0.39 is 0 Å². The van der Waals surface area contributed by atoms with Gasteiger partial charge < -0.3 is 9.84 Å². The minimum atomic E-state index is 0.273. The van der Waals surface area contributed by atoms with Crippen LogP contribution in [0.5, 0.6) is 11.5 Å². The SMILES string of the molecule is COc1cc2c3c(c1O)-c1ccccc1C[C@H]3N(Cc1ccccc1)CC2. The molecule has 5 rings (SSSR count). The molecule has 136 valence electrons. The summed E-state index contributed by atoms with van der Waals surface area (Å²) >= 11 is 0. The van der Waals surface area contributed by atoms with E-state index in [-0.39, 0.29) is 11.8 Å². The summed E-state index contributed by atoms with van der Waals surface area (Å²) in [4.78, 5) is 2.56. The first-order chi connectivity index (χ1) is 13.3. The number of hydrogen-bond acceptors (Lipinski definition) is 3. The molecular formula is C24H23NO2. The quantitative estimate of drug-likeness (QED) is 0.736. The smallest absolute Gasteiger partial charge is 0.166 e. The van der Waals surface area contributed by atoms with Gasteiger partial charge in [0, 0.05) is 24.7 Å². The molecule has 0 radical (unpaired) electrons. The largest absolute Gasteiger partial charge is 0.504 e. The Balaban J connectivity index is 1.66. The monoisotopic (exact) mass is 357 g/mol. The molecule has 0 amide bonds. The van der Waals surface area contributed by atoms with Gasteiger partial charge in [-0.15, -0.1) is 0 Å². The van der Waals surface area contributed by atoms with Gasteiger partial charge in [-0.05, 0) is 46.7 Å². The van der Waals surface area contributed by atoms with Gasteiger partial charge in [-0.3, -0.25) is 4.90 Å². The van der Waals surface area contributed by atoms with Gasteiger partial charge in [0.2, 0.25) is 0 Å². The number of aromatic hydroxyl groups is 1. The van der Waals surface area contributed by atoms with Crippen molar-refractivity contribution in [1.29, 1.82) is 0 Å². The molecule has 3 nitrogen and oxygen atoms in total. The van der Waals surface area contributed by atoms with Crippen molar-refractivity contribution in [2.24, 2.45) is 0 Å². The summed E-state index contributed by atoms with van der Waals surface area (Å²) in [7, 11) is 1.63. The number of methoxy groups -OCH3 is 1. The van der Waals surface area contributed by atoms with Crippen molar-refractivity contribution in [2.75, 3.05) is 13.7 Å². The lowest BCUT2D eigenvalue weighted by atomic mass is 9.76. The number of nitrogens with zero attached hydrogens (tertiary/aromatic N) is 1. The molecule has 1 aliphatic heterocycles. The van der Waals surface area contributed by atoms with Gasteiger partial charge >= 0.3 is 0 Å². The van der Waals surface area contributed by atoms with Gasteiger partial charge in [-0.2, -0.15) is 0 Å². The number of benzene rings is 3. The maximum Gasteiger partial charge on any atom is 0.166 e. The zero-order chi connectivity index (χ0) is 18.4. The summed E-state index contributed by atoms with van der Waals surface area (Å²) in [5.41, 5.74) is 7.33. The number of ether oxygens (including phenoxy) is 1. The van der Waals surface area contributed by atoms with Crippen molar-refractivity contribution in [2.45, 2.75) is 25.4 Å². The number of phenols is 1. The molecule has 2 aliphatic rings. The first-order valence-electron chi connectivity index (χ1n) is 9.55. The third-order valence-electron chi connectivity index (χ3n) is 5.98. The molecule has 27 heavy (non-hydrogen) atoms. The van der Waals surface area contributed by atoms with E-state index in [9.17, 15) is 5.11 Å². The second-order valence-electron chi connectivity index (χ2n) is 7.46. The average molecular weight is 357 g/mol. The molecule has 0 spiro atoms. The predicted octanol–water partition coefficient (Wildman–Crippen LogP) is 4.72. The molecule has 0 unspecified atom stereocenters. The molecule has 0 saturated heterocycles. The van der Waals surface area contributed by atoms with Crippen LogP contribution in [-0.4, -0.2) is 23.7 Å². The highest BCUT2D eigenvalue weighted by Crippen LogP contribution is 2.52. The lowest BCUT2D eigenvalue weighted by Gasteiger charge is -2.42. The predicted molar refractivity (Wildman–Crippen MR) is 107 cm³/mol. The van der Waals surface area contributed by atoms with E-state index in [1.165, 1.54) is 22.3 Å². The Hall–Kier alpha value is -2.78. The van der Waals surface area contributed by atoms with Crippen molar-refractivity contribution in [3.63, 3.8) is 0 Å². The van der Waals surface area contributed by atoms with Gasteiger partial charge in [0.05, 0.1) is 7.11 Å². The number of fused-ring (bicyclic) bond motifs is 2. The molecular weight excluding hydrogens is 334 g/mol. The minimum Gasteiger partial charge on any atom is -0.504 e. The van der Waals surface area contributed by atoms with Crippen LogP contribution in [0.1, 0.15) is 28.3 Å². The molecule has 1 aliphatic carbocycles. The topological polar surface area (TPSA) is 32.7 Å². The van der Waals surface area contributed by atoms with Gasteiger partial charge in [0.15, 0.2) is 11.5 Å². The van der Waals surface area contributed by atoms with Gasteiger partial charge in [0.1, 0.15) is 0 Å². The van der Waals surface area contributed by atoms with E-state index in [0.717, 1.165) is 37.1 Å². The molecule has 3 aromatic carbocycles. The van der Waals surface area contributed by atoms with Crippen LogP contribution in [0.2, 0.25) is 0 Å². The second kappa shape index (κ2) is 6.43. The maximum atomic E-state index is 11.0. The standard InChI is InChI=1S/C24H23NO2/c1-27-21-14-18-11-12-25(15-16-7-3-2-4-8-16)20-13-17-9-5-6-10-19(17)23(22(18)20)24(21)26/h2-10,14,20,26H,11-13,15H2,1H3/t20-/m1/s1. The number of phenolic OH excluding ortho intramolecular Hbond substituents is 1. The highest BCUT2D eigenvalue weighted by atomic mass is 16.5. The lowest BCUT2D eigenvalue weighted by molar-refractivity contribution is 0.173. The number of rotatable bonds is 3. The van der Waals surface area contributed by atoms with Gasteiger partial charge in [-0.25, -0.2) is 0 Å². The van der Waals surface area contributed by atoms with Crippen molar-refractivity contribution in [1.82, 2.24) is 4.90 Å². The zero-order valence-corrected chi connectivity index (χ0v) is 15.5. The van der Waals surface area contributed by atoms with Crippen LogP contribution in [0.25, 0.3) is 11.1 Å². The van der Waals surface area contributed by atoms with E-state index in [2.05, 4.69) is 59.5 Å². The van der Waals surface area contributed by atoms with Crippen molar-refractivity contribution in [3.8, 4) is 22.6 Å². The summed E-state index contributed by atoms with van der Waals surface area (Å²) < 4.78 is 5.49. The fourth-order valence-electron chi connectivity index (χ4n) is 4.72. The molecule has 3 heteroatoms. The van der Waals surface area contributed by atoms with E-state index in [1.54, 1.807) is 7.11 Å². The first kappa shape index (κ1) is 16.4. The van der Waals surface area contributed by atoms with Crippen molar-refractivity contribution in [3.05, 3.63) is 82.9 Å². The highest BCUT2D eigenvalue weighted by Gasteiger charge is 2.36. The van der Waals surface area contributed by atoms with Crippen molar-refractivity contribution < 1.29 is 9.84 Å². The Bertz CT molecular complexity index is 997. The molecule has 3 aromatic rings. The Morgan fingerprint density at radius 1 is 1.04 bits per heavy atom. The maximum absolute atomic E-state index is 11.0. The highest BCUT2D eigenvalue weighted by molar-refractivity contribution is 5.83. The molecule has 0 aromatic heterocycles. The first-order valence-corrected chi connectivity index (χ1v) is 9.55. The van der Waals surface area contributed by atoms with E-state index >= 15 is 0 Å². The fraction of sp³-hybridized carbons (Fsp3) is 0.250. The fourth-order valence-corrected chi connectivity index (χ4v) is 4.72. The van der Waals surface area contributed by atoms with Crippen LogP contribution in [0, 0.1) is 0 Å². The Morgan fingerprint density at radius 3 is 2.63 bits per heavy atom. The van der Waals surface area contributed by atoms with Gasteiger partial charge in [-0.1, -0.05) is 54.6 Å². The zero-order valence-electron chi connectivity index (χ0n) is 15.5.